The zero-order chi connectivity index (χ0) is 15.2. The van der Waals surface area contributed by atoms with Crippen LogP contribution < -0.4 is 10.6 Å². The lowest BCUT2D eigenvalue weighted by Crippen LogP contribution is -2.35. The van der Waals surface area contributed by atoms with E-state index in [9.17, 15) is 9.59 Å². The Bertz CT molecular complexity index is 671. The average Bonchev–Trinajstić information content (AvgIpc) is 2.46. The van der Waals surface area contributed by atoms with Crippen molar-refractivity contribution in [1.29, 1.82) is 0 Å². The minimum atomic E-state index is -0.717. The van der Waals surface area contributed by atoms with Crippen molar-refractivity contribution >= 4 is 29.1 Å². The Morgan fingerprint density at radius 1 is 1.05 bits per heavy atom. The molecule has 21 heavy (non-hydrogen) atoms. The normalized spacial score (nSPS) is 10.0. The van der Waals surface area contributed by atoms with Crippen molar-refractivity contribution in [3.63, 3.8) is 0 Å². The number of hydrogen-bond donors (Lipinski definition) is 2. The van der Waals surface area contributed by atoms with Crippen LogP contribution in [0.25, 0.3) is 0 Å². The summed E-state index contributed by atoms with van der Waals surface area (Å²) in [6.45, 7) is 2.27. The topological polar surface area (TPSA) is 58.2 Å². The minimum absolute atomic E-state index is 0.314. The summed E-state index contributed by atoms with van der Waals surface area (Å²) in [4.78, 5) is 23.5. The van der Waals surface area contributed by atoms with Crippen molar-refractivity contribution in [2.75, 3.05) is 5.32 Å². The number of aryl methyl sites for hydroxylation is 1. The number of amides is 2. The van der Waals surface area contributed by atoms with Crippen LogP contribution in [0.2, 0.25) is 5.02 Å². The molecule has 0 unspecified atom stereocenters. The largest absolute Gasteiger partial charge is 0.344 e. The lowest BCUT2D eigenvalue weighted by Gasteiger charge is -2.08. The van der Waals surface area contributed by atoms with Gasteiger partial charge in [0.15, 0.2) is 0 Å². The highest BCUT2D eigenvalue weighted by molar-refractivity contribution is 6.39. The van der Waals surface area contributed by atoms with Crippen LogP contribution in [0, 0.1) is 6.92 Å². The van der Waals surface area contributed by atoms with Crippen LogP contribution in [0.3, 0.4) is 0 Å². The molecule has 0 aliphatic rings. The smallest absolute Gasteiger partial charge is 0.313 e. The summed E-state index contributed by atoms with van der Waals surface area (Å²) in [7, 11) is 0. The van der Waals surface area contributed by atoms with Gasteiger partial charge in [-0.1, -0.05) is 41.9 Å². The fraction of sp³-hybridized carbons (Fsp3) is 0.125. The van der Waals surface area contributed by atoms with Crippen LogP contribution in [0.5, 0.6) is 0 Å². The van der Waals surface area contributed by atoms with E-state index in [-0.39, 0.29) is 0 Å². The number of halogens is 1. The van der Waals surface area contributed by atoms with Gasteiger partial charge < -0.3 is 10.6 Å². The SMILES string of the molecule is Cc1ccccc1CNC(=O)C(=O)Nc1cccc(Cl)c1. The molecule has 4 nitrogen and oxygen atoms in total. The van der Waals surface area contributed by atoms with Gasteiger partial charge in [0.05, 0.1) is 0 Å². The van der Waals surface area contributed by atoms with Crippen LogP contribution in [0.4, 0.5) is 5.69 Å². The Kier molecular flexibility index (Phi) is 4.95. The Morgan fingerprint density at radius 2 is 1.81 bits per heavy atom. The Balaban J connectivity index is 1.91. The molecule has 2 aromatic rings. The van der Waals surface area contributed by atoms with Gasteiger partial charge in [-0.15, -0.1) is 0 Å². The molecular formula is C16H15ClN2O2. The lowest BCUT2D eigenvalue weighted by atomic mass is 10.1. The number of carbonyl (C=O) groups is 2. The minimum Gasteiger partial charge on any atom is -0.344 e. The number of carbonyl (C=O) groups excluding carboxylic acids is 2. The summed E-state index contributed by atoms with van der Waals surface area (Å²) in [5, 5.41) is 5.58. The van der Waals surface area contributed by atoms with E-state index in [0.29, 0.717) is 17.3 Å². The number of hydrogen-bond acceptors (Lipinski definition) is 2. The van der Waals surface area contributed by atoms with Gasteiger partial charge in [-0.3, -0.25) is 9.59 Å². The van der Waals surface area contributed by atoms with E-state index in [1.807, 2.05) is 31.2 Å². The monoisotopic (exact) mass is 302 g/mol. The Hall–Kier alpha value is -2.33. The molecule has 0 saturated carbocycles. The predicted octanol–water partition coefficient (Wildman–Crippen LogP) is 2.90. The number of nitrogens with one attached hydrogen (secondary N) is 2. The molecule has 0 bridgehead atoms. The maximum atomic E-state index is 11.8. The number of rotatable bonds is 3. The van der Waals surface area contributed by atoms with Gasteiger partial charge in [0.1, 0.15) is 0 Å². The zero-order valence-corrected chi connectivity index (χ0v) is 12.3. The van der Waals surface area contributed by atoms with Gasteiger partial charge in [-0.05, 0) is 36.2 Å². The maximum absolute atomic E-state index is 11.8. The molecule has 2 rings (SSSR count). The van der Waals surface area contributed by atoms with Crippen molar-refractivity contribution in [3.05, 3.63) is 64.7 Å². The number of benzene rings is 2. The number of anilines is 1. The quantitative estimate of drug-likeness (QED) is 0.857. The highest BCUT2D eigenvalue weighted by Crippen LogP contribution is 2.14. The molecule has 108 valence electrons. The molecule has 5 heteroatoms. The molecule has 0 spiro atoms. The average molecular weight is 303 g/mol. The first-order valence-corrected chi connectivity index (χ1v) is 6.83. The summed E-state index contributed by atoms with van der Waals surface area (Å²) in [5.41, 5.74) is 2.52. The molecule has 0 saturated heterocycles. The van der Waals surface area contributed by atoms with E-state index >= 15 is 0 Å². The first-order chi connectivity index (χ1) is 10.1. The predicted molar refractivity (Wildman–Crippen MR) is 83.1 cm³/mol. The zero-order valence-electron chi connectivity index (χ0n) is 11.5. The molecule has 0 atom stereocenters. The van der Waals surface area contributed by atoms with Crippen molar-refractivity contribution in [2.45, 2.75) is 13.5 Å². The summed E-state index contributed by atoms with van der Waals surface area (Å²) < 4.78 is 0. The van der Waals surface area contributed by atoms with Crippen LogP contribution in [0.15, 0.2) is 48.5 Å². The maximum Gasteiger partial charge on any atom is 0.313 e. The highest BCUT2D eigenvalue weighted by Gasteiger charge is 2.13. The van der Waals surface area contributed by atoms with Crippen molar-refractivity contribution in [2.24, 2.45) is 0 Å². The van der Waals surface area contributed by atoms with E-state index in [1.165, 1.54) is 0 Å². The summed E-state index contributed by atoms with van der Waals surface area (Å²) in [6.07, 6.45) is 0. The molecule has 0 heterocycles. The third-order valence-corrected chi connectivity index (χ3v) is 3.22. The van der Waals surface area contributed by atoms with Crippen LogP contribution in [-0.2, 0) is 16.1 Å². The van der Waals surface area contributed by atoms with Crippen molar-refractivity contribution in [3.8, 4) is 0 Å². The molecule has 2 aromatic carbocycles. The molecule has 0 radical (unpaired) electrons. The van der Waals surface area contributed by atoms with Gasteiger partial charge in [0.25, 0.3) is 0 Å². The molecule has 2 amide bonds. The van der Waals surface area contributed by atoms with E-state index in [1.54, 1.807) is 24.3 Å². The van der Waals surface area contributed by atoms with Crippen LogP contribution in [0.1, 0.15) is 11.1 Å². The third-order valence-electron chi connectivity index (χ3n) is 2.99. The van der Waals surface area contributed by atoms with Crippen molar-refractivity contribution in [1.82, 2.24) is 5.32 Å². The van der Waals surface area contributed by atoms with Crippen LogP contribution >= 0.6 is 11.6 Å². The molecule has 0 aliphatic carbocycles. The summed E-state index contributed by atoms with van der Waals surface area (Å²) in [5.74, 6) is -1.40. The van der Waals surface area contributed by atoms with Crippen LogP contribution in [-0.4, -0.2) is 11.8 Å². The molecule has 0 aromatic heterocycles. The van der Waals surface area contributed by atoms with Gasteiger partial charge >= 0.3 is 11.8 Å². The highest BCUT2D eigenvalue weighted by atomic mass is 35.5. The van der Waals surface area contributed by atoms with E-state index in [4.69, 9.17) is 11.6 Å². The fourth-order valence-electron chi connectivity index (χ4n) is 1.82. The molecular weight excluding hydrogens is 288 g/mol. The molecule has 0 aliphatic heterocycles. The first-order valence-electron chi connectivity index (χ1n) is 6.45. The summed E-state index contributed by atoms with van der Waals surface area (Å²) >= 11 is 5.81. The van der Waals surface area contributed by atoms with Gasteiger partial charge in [0, 0.05) is 17.3 Å². The Labute approximate surface area is 128 Å². The second-order valence-electron chi connectivity index (χ2n) is 4.57. The standard InChI is InChI=1S/C16H15ClN2O2/c1-11-5-2-3-6-12(11)10-18-15(20)16(21)19-14-8-4-7-13(17)9-14/h2-9H,10H2,1H3,(H,18,20)(H,19,21). The Morgan fingerprint density at radius 3 is 2.52 bits per heavy atom. The fourth-order valence-corrected chi connectivity index (χ4v) is 2.01. The van der Waals surface area contributed by atoms with Crippen molar-refractivity contribution < 1.29 is 9.59 Å². The van der Waals surface area contributed by atoms with E-state index in [0.717, 1.165) is 11.1 Å². The van der Waals surface area contributed by atoms with E-state index < -0.39 is 11.8 Å². The molecule has 0 fully saturated rings. The van der Waals surface area contributed by atoms with Gasteiger partial charge in [0.2, 0.25) is 0 Å². The van der Waals surface area contributed by atoms with Gasteiger partial charge in [-0.2, -0.15) is 0 Å². The van der Waals surface area contributed by atoms with Gasteiger partial charge in [-0.25, -0.2) is 0 Å². The lowest BCUT2D eigenvalue weighted by molar-refractivity contribution is -0.136. The van der Waals surface area contributed by atoms with E-state index in [2.05, 4.69) is 10.6 Å². The second kappa shape index (κ2) is 6.90. The first kappa shape index (κ1) is 15.1. The third kappa shape index (κ3) is 4.33. The second-order valence-corrected chi connectivity index (χ2v) is 5.01. The summed E-state index contributed by atoms with van der Waals surface area (Å²) in [6, 6.07) is 14.3. The molecule has 2 N–H and O–H groups in total.